The molecule has 8 heteroatoms. The Morgan fingerprint density at radius 2 is 2.05 bits per heavy atom. The highest BCUT2D eigenvalue weighted by Crippen LogP contribution is 2.21. The molecule has 0 aliphatic carbocycles. The van der Waals surface area contributed by atoms with Crippen molar-refractivity contribution in [2.45, 2.75) is 4.90 Å². The first-order valence-electron chi connectivity index (χ1n) is 5.44. The fraction of sp³-hybridized carbons (Fsp3) is 0.364. The van der Waals surface area contributed by atoms with Gasteiger partial charge in [0.15, 0.2) is 0 Å². The van der Waals surface area contributed by atoms with E-state index in [4.69, 9.17) is 11.6 Å². The molecule has 19 heavy (non-hydrogen) atoms. The van der Waals surface area contributed by atoms with Crippen LogP contribution in [0.2, 0.25) is 5.02 Å². The molecule has 0 radical (unpaired) electrons. The van der Waals surface area contributed by atoms with Gasteiger partial charge in [-0.15, -0.1) is 0 Å². The van der Waals surface area contributed by atoms with Crippen LogP contribution in [-0.2, 0) is 14.8 Å². The Labute approximate surface area is 117 Å². The highest BCUT2D eigenvalue weighted by atomic mass is 35.5. The molecule has 1 aromatic rings. The molecule has 0 spiro atoms. The van der Waals surface area contributed by atoms with Crippen LogP contribution in [0.15, 0.2) is 23.1 Å². The topological polar surface area (TPSA) is 84.5 Å². The van der Waals surface area contributed by atoms with Gasteiger partial charge in [-0.3, -0.25) is 0 Å². The molecule has 0 saturated carbocycles. The van der Waals surface area contributed by atoms with Crippen molar-refractivity contribution in [1.82, 2.24) is 10.0 Å². The van der Waals surface area contributed by atoms with Gasteiger partial charge in [-0.2, -0.15) is 0 Å². The van der Waals surface area contributed by atoms with Gasteiger partial charge in [-0.25, -0.2) is 17.9 Å². The number of hydrogen-bond donors (Lipinski definition) is 2. The van der Waals surface area contributed by atoms with Crippen LogP contribution in [-0.4, -0.2) is 41.6 Å². The molecule has 0 atom stereocenters. The summed E-state index contributed by atoms with van der Waals surface area (Å²) in [5, 5.41) is 3.03. The number of benzene rings is 1. The number of carbonyl (C=O) groups is 1. The fourth-order valence-electron chi connectivity index (χ4n) is 1.39. The predicted octanol–water partition coefficient (Wildman–Crippen LogP) is 0.624. The third-order valence-corrected chi connectivity index (χ3v) is 4.04. The van der Waals surface area contributed by atoms with Gasteiger partial charge in [0.1, 0.15) is 0 Å². The van der Waals surface area contributed by atoms with E-state index in [9.17, 15) is 13.2 Å². The summed E-state index contributed by atoms with van der Waals surface area (Å²) in [6.45, 7) is 0.666. The molecule has 0 aliphatic heterocycles. The molecule has 106 valence electrons. The molecule has 0 heterocycles. The quantitative estimate of drug-likeness (QED) is 0.595. The zero-order chi connectivity index (χ0) is 14.5. The number of likely N-dealkylation sites (N-methyl/N-ethyl adjacent to an activating group) is 1. The molecule has 1 aromatic carbocycles. The van der Waals surface area contributed by atoms with E-state index in [2.05, 4.69) is 14.8 Å². The van der Waals surface area contributed by atoms with Crippen molar-refractivity contribution >= 4 is 27.6 Å². The Bertz CT molecular complexity index is 560. The minimum Gasteiger partial charge on any atom is -0.465 e. The zero-order valence-electron chi connectivity index (χ0n) is 10.6. The van der Waals surface area contributed by atoms with Gasteiger partial charge in [0.2, 0.25) is 10.0 Å². The molecule has 6 nitrogen and oxygen atoms in total. The van der Waals surface area contributed by atoms with E-state index in [0.29, 0.717) is 6.54 Å². The highest BCUT2D eigenvalue weighted by Gasteiger charge is 2.23. The minimum absolute atomic E-state index is 0.0520. The molecule has 1 rings (SSSR count). The van der Waals surface area contributed by atoms with Crippen LogP contribution >= 0.6 is 11.6 Å². The van der Waals surface area contributed by atoms with E-state index in [0.717, 1.165) is 0 Å². The Hall–Kier alpha value is -1.15. The number of hydrogen-bond acceptors (Lipinski definition) is 5. The molecule has 0 amide bonds. The Morgan fingerprint density at radius 3 is 2.63 bits per heavy atom. The average molecular weight is 307 g/mol. The van der Waals surface area contributed by atoms with Crippen molar-refractivity contribution < 1.29 is 17.9 Å². The smallest absolute Gasteiger partial charge is 0.339 e. The largest absolute Gasteiger partial charge is 0.465 e. The number of carbonyl (C=O) groups excluding carboxylic acids is 1. The van der Waals surface area contributed by atoms with Crippen LogP contribution < -0.4 is 10.0 Å². The number of halogens is 1. The molecular weight excluding hydrogens is 292 g/mol. The first kappa shape index (κ1) is 15.9. The first-order chi connectivity index (χ1) is 8.92. The van der Waals surface area contributed by atoms with Crippen LogP contribution in [0.25, 0.3) is 0 Å². The van der Waals surface area contributed by atoms with Gasteiger partial charge in [-0.1, -0.05) is 11.6 Å². The number of ether oxygens (including phenoxy) is 1. The van der Waals surface area contributed by atoms with Crippen molar-refractivity contribution in [3.63, 3.8) is 0 Å². The third kappa shape index (κ3) is 4.17. The number of sulfonamides is 1. The lowest BCUT2D eigenvalue weighted by molar-refractivity contribution is 0.0596. The van der Waals surface area contributed by atoms with Gasteiger partial charge in [0.25, 0.3) is 0 Å². The van der Waals surface area contributed by atoms with Crippen LogP contribution in [0.3, 0.4) is 0 Å². The molecule has 0 unspecified atom stereocenters. The SMILES string of the molecule is CNCCNS(=O)(=O)c1cc(Cl)ccc1C(=O)OC. The summed E-state index contributed by atoms with van der Waals surface area (Å²) in [5.41, 5.74) is -0.0520. The molecule has 0 aromatic heterocycles. The number of esters is 1. The summed E-state index contributed by atoms with van der Waals surface area (Å²) in [7, 11) is -0.932. The summed E-state index contributed by atoms with van der Waals surface area (Å²) in [5.74, 6) is -0.731. The molecular formula is C11H15ClN2O4S. The molecule has 0 saturated heterocycles. The van der Waals surface area contributed by atoms with Gasteiger partial charge in [0.05, 0.1) is 17.6 Å². The van der Waals surface area contributed by atoms with Crippen molar-refractivity contribution in [2.24, 2.45) is 0 Å². The van der Waals surface area contributed by atoms with E-state index in [1.807, 2.05) is 0 Å². The number of rotatable bonds is 6. The van der Waals surface area contributed by atoms with Gasteiger partial charge in [-0.05, 0) is 25.2 Å². The highest BCUT2D eigenvalue weighted by molar-refractivity contribution is 7.89. The number of nitrogens with one attached hydrogen (secondary N) is 2. The summed E-state index contributed by atoms with van der Waals surface area (Å²) < 4.78 is 31.1. The van der Waals surface area contributed by atoms with E-state index < -0.39 is 16.0 Å². The average Bonchev–Trinajstić information content (AvgIpc) is 2.38. The lowest BCUT2D eigenvalue weighted by atomic mass is 10.2. The maximum Gasteiger partial charge on any atom is 0.339 e. The molecule has 2 N–H and O–H groups in total. The predicted molar refractivity (Wildman–Crippen MR) is 71.9 cm³/mol. The third-order valence-electron chi connectivity index (χ3n) is 2.31. The summed E-state index contributed by atoms with van der Waals surface area (Å²) in [6, 6.07) is 3.97. The maximum atomic E-state index is 12.1. The lowest BCUT2D eigenvalue weighted by Crippen LogP contribution is -2.31. The Morgan fingerprint density at radius 1 is 1.37 bits per heavy atom. The monoisotopic (exact) mass is 306 g/mol. The molecule has 0 aliphatic rings. The molecule has 0 bridgehead atoms. The zero-order valence-corrected chi connectivity index (χ0v) is 12.1. The normalized spacial score (nSPS) is 11.3. The Kier molecular flexibility index (Phi) is 5.74. The second-order valence-corrected chi connectivity index (χ2v) is 5.81. The second kappa shape index (κ2) is 6.85. The summed E-state index contributed by atoms with van der Waals surface area (Å²) in [4.78, 5) is 11.4. The fourth-order valence-corrected chi connectivity index (χ4v) is 2.87. The van der Waals surface area contributed by atoms with Crippen molar-refractivity contribution in [3.8, 4) is 0 Å². The minimum atomic E-state index is -3.82. The van der Waals surface area contributed by atoms with Gasteiger partial charge >= 0.3 is 5.97 Å². The Balaban J connectivity index is 3.16. The van der Waals surface area contributed by atoms with E-state index in [-0.39, 0.29) is 22.0 Å². The van der Waals surface area contributed by atoms with Crippen molar-refractivity contribution in [1.29, 1.82) is 0 Å². The van der Waals surface area contributed by atoms with Gasteiger partial charge in [0, 0.05) is 18.1 Å². The van der Waals surface area contributed by atoms with Crippen LogP contribution in [0.4, 0.5) is 0 Å². The van der Waals surface area contributed by atoms with Crippen molar-refractivity contribution in [3.05, 3.63) is 28.8 Å². The van der Waals surface area contributed by atoms with E-state index in [1.54, 1.807) is 7.05 Å². The maximum absolute atomic E-state index is 12.1. The van der Waals surface area contributed by atoms with Crippen LogP contribution in [0.1, 0.15) is 10.4 Å². The van der Waals surface area contributed by atoms with Crippen LogP contribution in [0, 0.1) is 0 Å². The summed E-state index contributed by atoms with van der Waals surface area (Å²) >= 11 is 5.78. The second-order valence-electron chi connectivity index (χ2n) is 3.63. The van der Waals surface area contributed by atoms with E-state index >= 15 is 0 Å². The van der Waals surface area contributed by atoms with E-state index in [1.165, 1.54) is 25.3 Å². The lowest BCUT2D eigenvalue weighted by Gasteiger charge is -2.10. The molecule has 0 fully saturated rings. The van der Waals surface area contributed by atoms with Crippen molar-refractivity contribution in [2.75, 3.05) is 27.2 Å². The first-order valence-corrected chi connectivity index (χ1v) is 7.30. The standard InChI is InChI=1S/C11H15ClN2O4S/c1-13-5-6-14-19(16,17)10-7-8(12)3-4-9(10)11(15)18-2/h3-4,7,13-14H,5-6H2,1-2H3. The van der Waals surface area contributed by atoms with Gasteiger partial charge < -0.3 is 10.1 Å². The number of methoxy groups -OCH3 is 1. The van der Waals surface area contributed by atoms with Crippen LogP contribution in [0.5, 0.6) is 0 Å². The summed E-state index contributed by atoms with van der Waals surface area (Å²) in [6.07, 6.45) is 0.